The van der Waals surface area contributed by atoms with Gasteiger partial charge in [0.15, 0.2) is 0 Å². The summed E-state index contributed by atoms with van der Waals surface area (Å²) in [6.07, 6.45) is 0. The van der Waals surface area contributed by atoms with Crippen molar-refractivity contribution in [2.75, 3.05) is 0 Å². The molecule has 3 aromatic rings. The molecule has 1 aromatic heterocycles. The van der Waals surface area contributed by atoms with E-state index in [2.05, 4.69) is 17.6 Å². The maximum absolute atomic E-state index is 14.0. The van der Waals surface area contributed by atoms with Crippen LogP contribution in [0.3, 0.4) is 0 Å². The van der Waals surface area contributed by atoms with Crippen LogP contribution in [0, 0.1) is 12.7 Å². The van der Waals surface area contributed by atoms with Gasteiger partial charge in [-0.1, -0.05) is 18.2 Å². The molecule has 0 radical (unpaired) electrons. The van der Waals surface area contributed by atoms with Gasteiger partial charge in [0.1, 0.15) is 10.7 Å². The highest BCUT2D eigenvalue weighted by Crippen LogP contribution is 2.32. The van der Waals surface area contributed by atoms with E-state index in [1.807, 2.05) is 24.4 Å². The Balaban J connectivity index is 2.02. The maximum Gasteiger partial charge on any atom is 0.240 e. The van der Waals surface area contributed by atoms with Gasteiger partial charge in [-0.2, -0.15) is 0 Å². The molecule has 2 aromatic carbocycles. The van der Waals surface area contributed by atoms with E-state index in [0.29, 0.717) is 10.5 Å². The van der Waals surface area contributed by atoms with Gasteiger partial charge in [-0.25, -0.2) is 22.9 Å². The van der Waals surface area contributed by atoms with Crippen LogP contribution >= 0.6 is 24.0 Å². The van der Waals surface area contributed by atoms with Crippen LogP contribution in [0.4, 0.5) is 4.39 Å². The van der Waals surface area contributed by atoms with Gasteiger partial charge in [0.2, 0.25) is 10.0 Å². The number of halogens is 1. The number of hydrogen-bond donors (Lipinski definition) is 2. The van der Waals surface area contributed by atoms with Crippen molar-refractivity contribution in [3.8, 4) is 22.4 Å². The molecule has 2 N–H and O–H groups in total. The summed E-state index contributed by atoms with van der Waals surface area (Å²) in [6, 6.07) is 9.29. The minimum Gasteiger partial charge on any atom is -0.242 e. The van der Waals surface area contributed by atoms with Crippen LogP contribution < -0.4 is 5.14 Å². The van der Waals surface area contributed by atoms with Gasteiger partial charge in [0.25, 0.3) is 0 Å². The first kappa shape index (κ1) is 17.1. The second kappa shape index (κ2) is 6.29. The van der Waals surface area contributed by atoms with Crippen molar-refractivity contribution in [2.45, 2.75) is 16.7 Å². The number of aryl methyl sites for hydroxylation is 1. The molecule has 0 fully saturated rings. The van der Waals surface area contributed by atoms with Gasteiger partial charge in [-0.15, -0.1) is 24.0 Å². The van der Waals surface area contributed by atoms with E-state index in [1.165, 1.54) is 6.07 Å². The van der Waals surface area contributed by atoms with E-state index in [0.717, 1.165) is 34.0 Å². The van der Waals surface area contributed by atoms with E-state index in [-0.39, 0.29) is 0 Å². The topological polar surface area (TPSA) is 73.0 Å². The summed E-state index contributed by atoms with van der Waals surface area (Å²) in [5.74, 6) is -0.880. The van der Waals surface area contributed by atoms with Crippen molar-refractivity contribution < 1.29 is 12.8 Å². The van der Waals surface area contributed by atoms with Gasteiger partial charge in [-0.3, -0.25) is 0 Å². The number of hydrogen-bond acceptors (Lipinski definition) is 5. The summed E-state index contributed by atoms with van der Waals surface area (Å²) < 4.78 is 36.5. The standard InChI is InChI=1S/C16H13FN2O2S3/c1-9-19-14(8-23-9)12-4-2-11(7-15(12)22)10-3-5-16(13(17)6-10)24(18,20)21/h2-8,22H,1H3,(H2,18,20,21). The van der Waals surface area contributed by atoms with Crippen LogP contribution in [0.2, 0.25) is 0 Å². The van der Waals surface area contributed by atoms with Gasteiger partial charge in [0.05, 0.1) is 10.7 Å². The summed E-state index contributed by atoms with van der Waals surface area (Å²) in [4.78, 5) is 4.61. The molecule has 0 unspecified atom stereocenters. The predicted molar refractivity (Wildman–Crippen MR) is 96.3 cm³/mol. The normalized spacial score (nSPS) is 11.7. The zero-order valence-corrected chi connectivity index (χ0v) is 15.1. The van der Waals surface area contributed by atoms with Crippen molar-refractivity contribution in [2.24, 2.45) is 5.14 Å². The Morgan fingerprint density at radius 2 is 1.83 bits per heavy atom. The fourth-order valence-corrected chi connectivity index (χ4v) is 3.86. The van der Waals surface area contributed by atoms with Crippen molar-refractivity contribution >= 4 is 34.0 Å². The number of thiazole rings is 1. The number of rotatable bonds is 3. The summed E-state index contributed by atoms with van der Waals surface area (Å²) >= 11 is 6.04. The van der Waals surface area contributed by atoms with Crippen LogP contribution in [0.5, 0.6) is 0 Å². The first-order chi connectivity index (χ1) is 11.3. The Kier molecular flexibility index (Phi) is 4.48. The van der Waals surface area contributed by atoms with Gasteiger partial charge in [-0.05, 0) is 36.2 Å². The lowest BCUT2D eigenvalue weighted by atomic mass is 10.0. The Bertz CT molecular complexity index is 1030. The molecule has 0 aliphatic heterocycles. The number of nitrogens with zero attached hydrogens (tertiary/aromatic N) is 1. The quantitative estimate of drug-likeness (QED) is 0.678. The molecule has 0 atom stereocenters. The summed E-state index contributed by atoms with van der Waals surface area (Å²) in [5.41, 5.74) is 2.98. The molecule has 0 spiro atoms. The molecule has 8 heteroatoms. The number of nitrogens with two attached hydrogens (primary N) is 1. The molecule has 3 rings (SSSR count). The minimum atomic E-state index is -4.08. The van der Waals surface area contributed by atoms with Gasteiger partial charge in [0, 0.05) is 15.8 Å². The third kappa shape index (κ3) is 3.36. The molecule has 4 nitrogen and oxygen atoms in total. The number of sulfonamides is 1. The Morgan fingerprint density at radius 1 is 1.17 bits per heavy atom. The Hall–Kier alpha value is -1.74. The van der Waals surface area contributed by atoms with Crippen LogP contribution in [-0.4, -0.2) is 13.4 Å². The predicted octanol–water partition coefficient (Wildman–Crippen LogP) is 3.86. The van der Waals surface area contributed by atoms with Gasteiger partial charge < -0.3 is 0 Å². The van der Waals surface area contributed by atoms with E-state index in [9.17, 15) is 12.8 Å². The lowest BCUT2D eigenvalue weighted by Gasteiger charge is -2.08. The maximum atomic E-state index is 14.0. The summed E-state index contributed by atoms with van der Waals surface area (Å²) in [5, 5.41) is 7.88. The molecular formula is C16H13FN2O2S3. The van der Waals surface area contributed by atoms with Crippen molar-refractivity contribution in [1.29, 1.82) is 0 Å². The summed E-state index contributed by atoms with van der Waals surface area (Å²) in [6.45, 7) is 1.93. The molecule has 24 heavy (non-hydrogen) atoms. The highest BCUT2D eigenvalue weighted by atomic mass is 32.2. The fourth-order valence-electron chi connectivity index (χ4n) is 2.33. The first-order valence-electron chi connectivity index (χ1n) is 6.84. The number of primary sulfonamides is 1. The molecule has 124 valence electrons. The Labute approximate surface area is 148 Å². The highest BCUT2D eigenvalue weighted by molar-refractivity contribution is 7.89. The lowest BCUT2D eigenvalue weighted by molar-refractivity contribution is 0.568. The van der Waals surface area contributed by atoms with Crippen molar-refractivity contribution in [1.82, 2.24) is 4.98 Å². The monoisotopic (exact) mass is 380 g/mol. The smallest absolute Gasteiger partial charge is 0.240 e. The van der Waals surface area contributed by atoms with E-state index < -0.39 is 20.7 Å². The van der Waals surface area contributed by atoms with Crippen molar-refractivity contribution in [3.63, 3.8) is 0 Å². The molecule has 0 saturated heterocycles. The highest BCUT2D eigenvalue weighted by Gasteiger charge is 2.15. The lowest BCUT2D eigenvalue weighted by Crippen LogP contribution is -2.13. The summed E-state index contributed by atoms with van der Waals surface area (Å²) in [7, 11) is -4.08. The molecule has 0 aliphatic rings. The molecule has 0 bridgehead atoms. The van der Waals surface area contributed by atoms with E-state index in [1.54, 1.807) is 17.4 Å². The molecule has 1 heterocycles. The fraction of sp³-hybridized carbons (Fsp3) is 0.0625. The van der Waals surface area contributed by atoms with Crippen LogP contribution in [0.25, 0.3) is 22.4 Å². The average molecular weight is 380 g/mol. The third-order valence-electron chi connectivity index (χ3n) is 3.46. The molecule has 0 saturated carbocycles. The molecule has 0 amide bonds. The van der Waals surface area contributed by atoms with E-state index in [4.69, 9.17) is 5.14 Å². The Morgan fingerprint density at radius 3 is 2.38 bits per heavy atom. The third-order valence-corrected chi connectivity index (χ3v) is 5.55. The first-order valence-corrected chi connectivity index (χ1v) is 9.71. The van der Waals surface area contributed by atoms with Crippen molar-refractivity contribution in [3.05, 3.63) is 52.6 Å². The van der Waals surface area contributed by atoms with Gasteiger partial charge >= 0.3 is 0 Å². The largest absolute Gasteiger partial charge is 0.242 e. The van der Waals surface area contributed by atoms with Crippen LogP contribution in [0.1, 0.15) is 5.01 Å². The van der Waals surface area contributed by atoms with Crippen LogP contribution in [0.15, 0.2) is 51.6 Å². The molecular weight excluding hydrogens is 367 g/mol. The SMILES string of the molecule is Cc1nc(-c2ccc(-c3ccc(S(N)(=O)=O)c(F)c3)cc2S)cs1. The average Bonchev–Trinajstić information content (AvgIpc) is 2.92. The van der Waals surface area contributed by atoms with Crippen LogP contribution in [-0.2, 0) is 10.0 Å². The number of thiol groups is 1. The number of benzene rings is 2. The zero-order chi connectivity index (χ0) is 17.5. The second-order valence-corrected chi connectivity index (χ2v) is 8.25. The molecule has 0 aliphatic carbocycles. The second-order valence-electron chi connectivity index (χ2n) is 5.17. The minimum absolute atomic E-state index is 0.521. The van der Waals surface area contributed by atoms with E-state index >= 15 is 0 Å². The zero-order valence-electron chi connectivity index (χ0n) is 12.5. The number of aromatic nitrogens is 1.